The van der Waals surface area contributed by atoms with Crippen LogP contribution in [0.5, 0.6) is 0 Å². The van der Waals surface area contributed by atoms with Gasteiger partial charge < -0.3 is 43.2 Å². The third-order valence-electron chi connectivity index (χ3n) is 6.28. The van der Waals surface area contributed by atoms with Crippen LogP contribution in [0.4, 0.5) is 0 Å². The minimum absolute atomic E-state index is 0.0856. The van der Waals surface area contributed by atoms with Crippen molar-refractivity contribution < 1.29 is 24.3 Å². The number of H-pyrrole nitrogens is 1. The summed E-state index contributed by atoms with van der Waals surface area (Å²) in [6, 6.07) is 4.50. The van der Waals surface area contributed by atoms with Crippen molar-refractivity contribution in [2.75, 3.05) is 13.1 Å². The Morgan fingerprint density at radius 1 is 1.05 bits per heavy atom. The molecule has 0 fully saturated rings. The quantitative estimate of drug-likeness (QED) is 0.0832. The normalized spacial score (nSPS) is 14.1. The number of para-hydroxylation sites is 1. The highest BCUT2D eigenvalue weighted by molar-refractivity contribution is 5.94. The van der Waals surface area contributed by atoms with E-state index in [2.05, 4.69) is 25.9 Å². The summed E-state index contributed by atoms with van der Waals surface area (Å²) in [5.41, 5.74) is 18.4. The number of nitrogens with two attached hydrogens (primary N) is 3. The predicted octanol–water partition coefficient (Wildman–Crippen LogP) is -0.692. The molecule has 0 spiro atoms. The maximum Gasteiger partial charge on any atom is 0.322 e. The Hall–Kier alpha value is -4.13. The van der Waals surface area contributed by atoms with Crippen molar-refractivity contribution in [3.63, 3.8) is 0 Å². The molecule has 0 bridgehead atoms. The number of hydrogen-bond acceptors (Lipinski definition) is 6. The van der Waals surface area contributed by atoms with Crippen LogP contribution in [-0.2, 0) is 25.6 Å². The fraction of sp³-hybridized carbons (Fsp3) is 0.480. The van der Waals surface area contributed by atoms with Gasteiger partial charge in [0.1, 0.15) is 18.6 Å². The standard InChI is InChI=1S/C25H38N8O5/c1-3-14(2)21(26)24(38)32-18(9-6-10-29-25(27)28)23(37)33-19(22(36)31-13-20(34)35)11-15-12-30-17-8-5-4-7-16(15)17/h4-5,7-8,12,14,18-19,21,30H,3,6,9-11,13,26H2,1-2H3,(H,31,36)(H,32,38)(H,33,37)(H,34,35)(H4,27,28,29). The van der Waals surface area contributed by atoms with Crippen LogP contribution in [0.1, 0.15) is 38.7 Å². The second kappa shape index (κ2) is 14.6. The van der Waals surface area contributed by atoms with E-state index in [0.717, 1.165) is 16.5 Å². The fourth-order valence-corrected chi connectivity index (χ4v) is 3.84. The molecule has 1 aromatic carbocycles. The number of carbonyl (C=O) groups is 4. The van der Waals surface area contributed by atoms with Crippen LogP contribution in [0.2, 0.25) is 0 Å². The topological polar surface area (TPSA) is 231 Å². The Bertz CT molecular complexity index is 1140. The lowest BCUT2D eigenvalue weighted by Crippen LogP contribution is -2.57. The Labute approximate surface area is 221 Å². The molecule has 0 aliphatic rings. The summed E-state index contributed by atoms with van der Waals surface area (Å²) in [6.07, 6.45) is 3.04. The number of aromatic nitrogens is 1. The highest BCUT2D eigenvalue weighted by atomic mass is 16.4. The Balaban J connectivity index is 2.25. The zero-order valence-corrected chi connectivity index (χ0v) is 21.7. The van der Waals surface area contributed by atoms with Gasteiger partial charge in [-0.3, -0.25) is 24.2 Å². The van der Waals surface area contributed by atoms with Gasteiger partial charge in [-0.15, -0.1) is 0 Å². The van der Waals surface area contributed by atoms with E-state index in [1.807, 2.05) is 38.1 Å². The Kier molecular flexibility index (Phi) is 11.5. The van der Waals surface area contributed by atoms with Gasteiger partial charge in [-0.1, -0.05) is 38.5 Å². The number of carbonyl (C=O) groups excluding carboxylic acids is 3. The number of aromatic amines is 1. The number of carboxylic acids is 1. The third kappa shape index (κ3) is 9.07. The van der Waals surface area contributed by atoms with E-state index in [-0.39, 0.29) is 31.3 Å². The van der Waals surface area contributed by atoms with Gasteiger partial charge in [0.2, 0.25) is 17.7 Å². The summed E-state index contributed by atoms with van der Waals surface area (Å²) in [5, 5.41) is 17.5. The third-order valence-corrected chi connectivity index (χ3v) is 6.28. The van der Waals surface area contributed by atoms with Crippen LogP contribution in [0, 0.1) is 5.92 Å². The number of fused-ring (bicyclic) bond motifs is 1. The number of hydrogen-bond donors (Lipinski definition) is 8. The van der Waals surface area contributed by atoms with Crippen LogP contribution >= 0.6 is 0 Å². The molecule has 11 N–H and O–H groups in total. The van der Waals surface area contributed by atoms with Gasteiger partial charge >= 0.3 is 5.97 Å². The first kappa shape index (κ1) is 30.1. The van der Waals surface area contributed by atoms with Crippen molar-refractivity contribution in [2.24, 2.45) is 28.1 Å². The molecule has 0 aliphatic heterocycles. The highest BCUT2D eigenvalue weighted by Crippen LogP contribution is 2.19. The van der Waals surface area contributed by atoms with Crippen molar-refractivity contribution in [1.82, 2.24) is 20.9 Å². The molecular weight excluding hydrogens is 492 g/mol. The fourth-order valence-electron chi connectivity index (χ4n) is 3.84. The predicted molar refractivity (Wildman–Crippen MR) is 144 cm³/mol. The van der Waals surface area contributed by atoms with E-state index in [1.54, 1.807) is 6.20 Å². The molecule has 13 heteroatoms. The molecule has 3 amide bonds. The molecule has 1 heterocycles. The Morgan fingerprint density at radius 2 is 1.74 bits per heavy atom. The molecule has 13 nitrogen and oxygen atoms in total. The largest absolute Gasteiger partial charge is 0.480 e. The van der Waals surface area contributed by atoms with Crippen LogP contribution in [-0.4, -0.2) is 71.0 Å². The first-order chi connectivity index (χ1) is 18.0. The summed E-state index contributed by atoms with van der Waals surface area (Å²) in [6.45, 7) is 3.36. The van der Waals surface area contributed by atoms with Gasteiger partial charge in [-0.25, -0.2) is 0 Å². The zero-order chi connectivity index (χ0) is 28.2. The van der Waals surface area contributed by atoms with Crippen molar-refractivity contribution in [2.45, 2.75) is 57.7 Å². The molecular formula is C25H38N8O5. The van der Waals surface area contributed by atoms with E-state index >= 15 is 0 Å². The lowest BCUT2D eigenvalue weighted by Gasteiger charge is -2.25. The second-order valence-corrected chi connectivity index (χ2v) is 9.16. The molecule has 0 saturated carbocycles. The molecule has 0 radical (unpaired) electrons. The maximum atomic E-state index is 13.4. The summed E-state index contributed by atoms with van der Waals surface area (Å²) >= 11 is 0. The number of carboxylic acid groups (broad SMARTS) is 1. The molecule has 38 heavy (non-hydrogen) atoms. The van der Waals surface area contributed by atoms with Crippen LogP contribution < -0.4 is 33.2 Å². The molecule has 208 valence electrons. The molecule has 1 aromatic heterocycles. The van der Waals surface area contributed by atoms with E-state index in [4.69, 9.17) is 22.3 Å². The van der Waals surface area contributed by atoms with E-state index < -0.39 is 48.4 Å². The SMILES string of the molecule is CCC(C)C(N)C(=O)NC(CCCN=C(N)N)C(=O)NC(Cc1c[nH]c2ccccc12)C(=O)NCC(=O)O. The number of amides is 3. The maximum absolute atomic E-state index is 13.4. The molecule has 0 aliphatic carbocycles. The average Bonchev–Trinajstić information content (AvgIpc) is 3.29. The van der Waals surface area contributed by atoms with E-state index in [0.29, 0.717) is 12.8 Å². The summed E-state index contributed by atoms with van der Waals surface area (Å²) in [4.78, 5) is 57.1. The monoisotopic (exact) mass is 530 g/mol. The minimum atomic E-state index is -1.22. The number of guanidine groups is 1. The summed E-state index contributed by atoms with van der Waals surface area (Å²) in [5.74, 6) is -3.22. The first-order valence-corrected chi connectivity index (χ1v) is 12.5. The van der Waals surface area contributed by atoms with Gasteiger partial charge in [0, 0.05) is 30.1 Å². The number of nitrogens with one attached hydrogen (secondary N) is 4. The first-order valence-electron chi connectivity index (χ1n) is 12.5. The molecule has 0 saturated heterocycles. The molecule has 4 unspecified atom stereocenters. The molecule has 4 atom stereocenters. The number of benzene rings is 1. The van der Waals surface area contributed by atoms with E-state index in [9.17, 15) is 19.2 Å². The number of aliphatic carboxylic acids is 1. The zero-order valence-electron chi connectivity index (χ0n) is 21.7. The van der Waals surface area contributed by atoms with Crippen LogP contribution in [0.3, 0.4) is 0 Å². The number of rotatable bonds is 15. The van der Waals surface area contributed by atoms with Gasteiger partial charge in [-0.2, -0.15) is 0 Å². The molecule has 2 aromatic rings. The second-order valence-electron chi connectivity index (χ2n) is 9.16. The van der Waals surface area contributed by atoms with Gasteiger partial charge in [0.05, 0.1) is 6.04 Å². The Morgan fingerprint density at radius 3 is 2.39 bits per heavy atom. The summed E-state index contributed by atoms with van der Waals surface area (Å²) in [7, 11) is 0. The average molecular weight is 531 g/mol. The minimum Gasteiger partial charge on any atom is -0.480 e. The number of aliphatic imine (C=N–C) groups is 1. The van der Waals surface area contributed by atoms with Crippen molar-refractivity contribution in [3.05, 3.63) is 36.0 Å². The molecule has 2 rings (SSSR count). The lowest BCUT2D eigenvalue weighted by molar-refractivity contribution is -0.138. The number of nitrogens with zero attached hydrogens (tertiary/aromatic N) is 1. The van der Waals surface area contributed by atoms with Crippen LogP contribution in [0.15, 0.2) is 35.5 Å². The summed E-state index contributed by atoms with van der Waals surface area (Å²) < 4.78 is 0. The van der Waals surface area contributed by atoms with Crippen molar-refractivity contribution in [3.8, 4) is 0 Å². The van der Waals surface area contributed by atoms with E-state index in [1.165, 1.54) is 0 Å². The lowest BCUT2D eigenvalue weighted by atomic mass is 9.98. The van der Waals surface area contributed by atoms with Gasteiger partial charge in [0.25, 0.3) is 0 Å². The van der Waals surface area contributed by atoms with Gasteiger partial charge in [-0.05, 0) is 30.4 Å². The van der Waals surface area contributed by atoms with Gasteiger partial charge in [0.15, 0.2) is 5.96 Å². The van der Waals surface area contributed by atoms with Crippen LogP contribution in [0.25, 0.3) is 10.9 Å². The highest BCUT2D eigenvalue weighted by Gasteiger charge is 2.29. The van der Waals surface area contributed by atoms with Crippen molar-refractivity contribution >= 4 is 40.6 Å². The smallest absolute Gasteiger partial charge is 0.322 e. The van der Waals surface area contributed by atoms with Crippen molar-refractivity contribution in [1.29, 1.82) is 0 Å².